The summed E-state index contributed by atoms with van der Waals surface area (Å²) in [5.74, 6) is 3.89. The van der Waals surface area contributed by atoms with Crippen molar-refractivity contribution < 1.29 is 9.53 Å². The lowest BCUT2D eigenvalue weighted by Gasteiger charge is -2.10. The van der Waals surface area contributed by atoms with Crippen molar-refractivity contribution in [1.29, 1.82) is 0 Å². The van der Waals surface area contributed by atoms with Gasteiger partial charge in [-0.3, -0.25) is 4.79 Å². The Morgan fingerprint density at radius 2 is 1.82 bits per heavy atom. The van der Waals surface area contributed by atoms with Gasteiger partial charge in [0.25, 0.3) is 0 Å². The molecule has 0 bridgehead atoms. The van der Waals surface area contributed by atoms with E-state index < -0.39 is 0 Å². The van der Waals surface area contributed by atoms with E-state index >= 15 is 0 Å². The fraction of sp³-hybridized carbons (Fsp3) is 0.609. The van der Waals surface area contributed by atoms with Crippen LogP contribution in [-0.2, 0) is 24.1 Å². The first-order chi connectivity index (χ1) is 13.5. The fourth-order valence-electron chi connectivity index (χ4n) is 3.58. The normalized spacial score (nSPS) is 13.9. The maximum atomic E-state index is 12.5. The number of carbonyl (C=O) groups is 1. The number of methoxy groups -OCH3 is 1. The van der Waals surface area contributed by atoms with Crippen LogP contribution in [0.4, 0.5) is 0 Å². The zero-order valence-electron chi connectivity index (χ0n) is 17.7. The van der Waals surface area contributed by atoms with Gasteiger partial charge >= 0.3 is 0 Å². The molecule has 1 fully saturated rings. The lowest BCUT2D eigenvalue weighted by molar-refractivity contribution is -0.119. The quantitative estimate of drug-likeness (QED) is 0.566. The molecule has 3 rings (SSSR count). The van der Waals surface area contributed by atoms with Gasteiger partial charge in [-0.25, -0.2) is 0 Å². The zero-order chi connectivity index (χ0) is 20.1. The number of hydrogen-bond acceptors (Lipinski definition) is 4. The van der Waals surface area contributed by atoms with Gasteiger partial charge in [0.05, 0.1) is 7.11 Å². The van der Waals surface area contributed by atoms with Crippen LogP contribution in [0.25, 0.3) is 0 Å². The Kier molecular flexibility index (Phi) is 6.87. The van der Waals surface area contributed by atoms with Crippen molar-refractivity contribution in [2.45, 2.75) is 78.2 Å². The van der Waals surface area contributed by atoms with Crippen molar-refractivity contribution in [2.75, 3.05) is 7.11 Å². The number of benzene rings is 1. The summed E-state index contributed by atoms with van der Waals surface area (Å²) in [5.41, 5.74) is 2.26. The largest absolute Gasteiger partial charge is 0.496 e. The number of Topliss-reactive ketones (excluding diaryl/α,β-unsaturated/α-hetero) is 1. The Labute approximate surface area is 168 Å². The summed E-state index contributed by atoms with van der Waals surface area (Å²) < 4.78 is 7.76. The maximum Gasteiger partial charge on any atom is 0.133 e. The van der Waals surface area contributed by atoms with Crippen molar-refractivity contribution in [3.8, 4) is 5.75 Å². The predicted molar refractivity (Wildman–Crippen MR) is 111 cm³/mol. The molecule has 0 amide bonds. The molecule has 5 heteroatoms. The minimum absolute atomic E-state index is 0.275. The van der Waals surface area contributed by atoms with E-state index in [4.69, 9.17) is 4.74 Å². The third kappa shape index (κ3) is 5.43. The van der Waals surface area contributed by atoms with Gasteiger partial charge in [-0.15, -0.1) is 10.2 Å². The monoisotopic (exact) mass is 383 g/mol. The first-order valence-corrected chi connectivity index (χ1v) is 10.6. The molecule has 2 aromatic rings. The summed E-state index contributed by atoms with van der Waals surface area (Å²) in [4.78, 5) is 12.5. The van der Waals surface area contributed by atoms with Crippen LogP contribution in [0, 0.1) is 12.8 Å². The van der Waals surface area contributed by atoms with E-state index in [0.29, 0.717) is 31.2 Å². The SMILES string of the molecule is COc1cc(C)ccc1CCC(=O)CCc1nnc(CCC(C)C)n1C1CC1. The number of nitrogens with zero attached hydrogens (tertiary/aromatic N) is 3. The second kappa shape index (κ2) is 9.35. The van der Waals surface area contributed by atoms with E-state index in [0.717, 1.165) is 42.2 Å². The van der Waals surface area contributed by atoms with Crippen LogP contribution < -0.4 is 4.74 Å². The third-order valence-corrected chi connectivity index (χ3v) is 5.44. The molecule has 0 atom stereocenters. The van der Waals surface area contributed by atoms with Gasteiger partial charge in [0, 0.05) is 31.7 Å². The van der Waals surface area contributed by atoms with Crippen LogP contribution in [0.2, 0.25) is 0 Å². The van der Waals surface area contributed by atoms with Crippen molar-refractivity contribution >= 4 is 5.78 Å². The summed E-state index contributed by atoms with van der Waals surface area (Å²) >= 11 is 0. The first-order valence-electron chi connectivity index (χ1n) is 10.6. The smallest absolute Gasteiger partial charge is 0.133 e. The second-order valence-electron chi connectivity index (χ2n) is 8.42. The molecule has 1 aromatic heterocycles. The molecule has 0 aliphatic heterocycles. The van der Waals surface area contributed by atoms with Gasteiger partial charge in [-0.2, -0.15) is 0 Å². The highest BCUT2D eigenvalue weighted by Crippen LogP contribution is 2.37. The van der Waals surface area contributed by atoms with Crippen LogP contribution in [0.1, 0.15) is 74.8 Å². The molecule has 1 heterocycles. The highest BCUT2D eigenvalue weighted by atomic mass is 16.5. The summed E-state index contributed by atoms with van der Waals surface area (Å²) in [6, 6.07) is 6.71. The van der Waals surface area contributed by atoms with Crippen LogP contribution >= 0.6 is 0 Å². The Balaban J connectivity index is 1.55. The van der Waals surface area contributed by atoms with Crippen molar-refractivity contribution in [1.82, 2.24) is 14.8 Å². The topological polar surface area (TPSA) is 57.0 Å². The fourth-order valence-corrected chi connectivity index (χ4v) is 3.58. The van der Waals surface area contributed by atoms with Crippen LogP contribution in [0.3, 0.4) is 0 Å². The number of ketones is 1. The van der Waals surface area contributed by atoms with E-state index in [2.05, 4.69) is 40.7 Å². The van der Waals surface area contributed by atoms with E-state index in [9.17, 15) is 4.79 Å². The molecule has 1 aliphatic carbocycles. The number of aromatic nitrogens is 3. The van der Waals surface area contributed by atoms with E-state index in [-0.39, 0.29) is 5.78 Å². The lowest BCUT2D eigenvalue weighted by atomic mass is 10.0. The van der Waals surface area contributed by atoms with Crippen molar-refractivity contribution in [2.24, 2.45) is 5.92 Å². The van der Waals surface area contributed by atoms with Crippen LogP contribution in [0.15, 0.2) is 18.2 Å². The van der Waals surface area contributed by atoms with E-state index in [1.54, 1.807) is 7.11 Å². The van der Waals surface area contributed by atoms with Gasteiger partial charge in [-0.05, 0) is 55.7 Å². The molecule has 1 aromatic carbocycles. The summed E-state index contributed by atoms with van der Waals surface area (Å²) in [6.07, 6.45) is 7.00. The summed E-state index contributed by atoms with van der Waals surface area (Å²) in [7, 11) is 1.68. The standard InChI is InChI=1S/C23H33N3O2/c1-16(2)5-13-22-24-25-23(26(22)19-9-10-19)14-12-20(27)11-8-18-7-6-17(3)15-21(18)28-4/h6-7,15-16,19H,5,8-14H2,1-4H3. The molecule has 0 spiro atoms. The molecule has 28 heavy (non-hydrogen) atoms. The number of hydrogen-bond donors (Lipinski definition) is 0. The van der Waals surface area contributed by atoms with Crippen LogP contribution in [-0.4, -0.2) is 27.7 Å². The highest BCUT2D eigenvalue weighted by Gasteiger charge is 2.29. The molecule has 1 aliphatic rings. The Morgan fingerprint density at radius 3 is 2.46 bits per heavy atom. The lowest BCUT2D eigenvalue weighted by Crippen LogP contribution is -2.10. The first kappa shape index (κ1) is 20.6. The molecular weight excluding hydrogens is 350 g/mol. The molecule has 152 valence electrons. The second-order valence-corrected chi connectivity index (χ2v) is 8.42. The van der Waals surface area contributed by atoms with Crippen LogP contribution in [0.5, 0.6) is 5.75 Å². The van der Waals surface area contributed by atoms with E-state index in [1.165, 1.54) is 18.4 Å². The Morgan fingerprint density at radius 1 is 1.14 bits per heavy atom. The van der Waals surface area contributed by atoms with Gasteiger partial charge < -0.3 is 9.30 Å². The molecular formula is C23H33N3O2. The number of ether oxygens (including phenoxy) is 1. The molecule has 0 N–H and O–H groups in total. The number of carbonyl (C=O) groups excluding carboxylic acids is 1. The molecule has 0 radical (unpaired) electrons. The maximum absolute atomic E-state index is 12.5. The molecule has 0 saturated heterocycles. The molecule has 5 nitrogen and oxygen atoms in total. The predicted octanol–water partition coefficient (Wildman–Crippen LogP) is 4.65. The van der Waals surface area contributed by atoms with E-state index in [1.807, 2.05) is 13.0 Å². The van der Waals surface area contributed by atoms with Crippen molar-refractivity contribution in [3.63, 3.8) is 0 Å². The van der Waals surface area contributed by atoms with Gasteiger partial charge in [0.15, 0.2) is 0 Å². The summed E-state index contributed by atoms with van der Waals surface area (Å²) in [6.45, 7) is 6.52. The average Bonchev–Trinajstić information content (AvgIpc) is 3.43. The van der Waals surface area contributed by atoms with Gasteiger partial charge in [0.1, 0.15) is 23.2 Å². The highest BCUT2D eigenvalue weighted by molar-refractivity contribution is 5.78. The Bertz CT molecular complexity index is 806. The third-order valence-electron chi connectivity index (χ3n) is 5.44. The molecule has 1 saturated carbocycles. The summed E-state index contributed by atoms with van der Waals surface area (Å²) in [5, 5.41) is 8.86. The van der Waals surface area contributed by atoms with Gasteiger partial charge in [-0.1, -0.05) is 26.0 Å². The van der Waals surface area contributed by atoms with Crippen molar-refractivity contribution in [3.05, 3.63) is 41.0 Å². The minimum Gasteiger partial charge on any atom is -0.496 e. The Hall–Kier alpha value is -2.17. The number of aryl methyl sites for hydroxylation is 4. The molecule has 0 unspecified atom stereocenters. The van der Waals surface area contributed by atoms with Gasteiger partial charge in [0.2, 0.25) is 0 Å². The minimum atomic E-state index is 0.275. The average molecular weight is 384 g/mol. The zero-order valence-corrected chi connectivity index (χ0v) is 17.7. The number of rotatable bonds is 11.